The van der Waals surface area contributed by atoms with Gasteiger partial charge in [-0.3, -0.25) is 0 Å². The van der Waals surface area contributed by atoms with Crippen molar-refractivity contribution in [3.05, 3.63) is 25.3 Å². The number of hydrogen-bond donors (Lipinski definition) is 2. The summed E-state index contributed by atoms with van der Waals surface area (Å²) >= 11 is 0. The van der Waals surface area contributed by atoms with Crippen LogP contribution in [0.3, 0.4) is 0 Å². The van der Waals surface area contributed by atoms with Crippen molar-refractivity contribution in [2.45, 2.75) is 0 Å². The quantitative estimate of drug-likeness (QED) is 0.390. The Morgan fingerprint density at radius 2 is 1.26 bits per heavy atom. The minimum Gasteiger partial charge on any atom is -0.466 e. The first-order valence-corrected chi connectivity index (χ1v) is 5.24. The lowest BCUT2D eigenvalue weighted by molar-refractivity contribution is -0.135. The molecule has 0 atom stereocenters. The molecule has 0 radical (unpaired) electrons. The zero-order chi connectivity index (χ0) is 15.5. The fourth-order valence-corrected chi connectivity index (χ4v) is 0.398. The number of carbonyl (C=O) groups is 2. The highest BCUT2D eigenvalue weighted by Gasteiger charge is 1.82. The van der Waals surface area contributed by atoms with Gasteiger partial charge in [0, 0.05) is 12.2 Å². The number of esters is 2. The van der Waals surface area contributed by atoms with Crippen molar-refractivity contribution in [3.8, 4) is 0 Å². The van der Waals surface area contributed by atoms with Gasteiger partial charge in [-0.2, -0.15) is 0 Å². The van der Waals surface area contributed by atoms with Gasteiger partial charge in [-0.05, 0) is 0 Å². The summed E-state index contributed by atoms with van der Waals surface area (Å²) in [5.41, 5.74) is 0. The van der Waals surface area contributed by atoms with E-state index in [0.29, 0.717) is 13.2 Å². The monoisotopic (exact) mass is 278 g/mol. The van der Waals surface area contributed by atoms with Crippen LogP contribution in [0.15, 0.2) is 25.3 Å². The Balaban J connectivity index is -0.000000203. The van der Waals surface area contributed by atoms with E-state index in [4.69, 9.17) is 10.2 Å². The topological polar surface area (TPSA) is 102 Å². The van der Waals surface area contributed by atoms with Crippen molar-refractivity contribution in [3.63, 3.8) is 0 Å². The molecule has 0 aliphatic carbocycles. The molecule has 0 spiro atoms. The fraction of sp³-hybridized carbons (Fsp3) is 0.500. The molecule has 0 aromatic rings. The lowest BCUT2D eigenvalue weighted by atomic mass is 10.7. The molecule has 0 amide bonds. The molecule has 7 nitrogen and oxygen atoms in total. The van der Waals surface area contributed by atoms with Gasteiger partial charge in [0.1, 0.15) is 0 Å². The van der Waals surface area contributed by atoms with E-state index in [2.05, 4.69) is 27.4 Å². The average Bonchev–Trinajstić information content (AvgIpc) is 2.47. The van der Waals surface area contributed by atoms with Gasteiger partial charge in [-0.1, -0.05) is 13.2 Å². The van der Waals surface area contributed by atoms with E-state index in [0.717, 1.165) is 12.2 Å². The summed E-state index contributed by atoms with van der Waals surface area (Å²) < 4.78 is 12.9. The third-order valence-corrected chi connectivity index (χ3v) is 1.21. The van der Waals surface area contributed by atoms with Gasteiger partial charge < -0.3 is 24.4 Å². The third-order valence-electron chi connectivity index (χ3n) is 1.21. The number of ether oxygens (including phenoxy) is 3. The fourth-order valence-electron chi connectivity index (χ4n) is 0.398. The molecule has 0 aliphatic rings. The van der Waals surface area contributed by atoms with Gasteiger partial charge in [0.15, 0.2) is 0 Å². The number of hydrogen-bond acceptors (Lipinski definition) is 7. The van der Waals surface area contributed by atoms with E-state index in [1.165, 1.54) is 14.2 Å². The van der Waals surface area contributed by atoms with Gasteiger partial charge in [-0.15, -0.1) is 0 Å². The molecule has 0 aliphatic heterocycles. The molecule has 0 aromatic carbocycles. The molecule has 7 heteroatoms. The first kappa shape index (κ1) is 22.5. The van der Waals surface area contributed by atoms with Crippen LogP contribution in [-0.4, -0.2) is 62.8 Å². The van der Waals surface area contributed by atoms with E-state index >= 15 is 0 Å². The van der Waals surface area contributed by atoms with Crippen molar-refractivity contribution < 1.29 is 34.0 Å². The maximum atomic E-state index is 9.84. The van der Waals surface area contributed by atoms with Crippen molar-refractivity contribution >= 4 is 11.9 Å². The normalized spacial score (nSPS) is 7.79. The number of methoxy groups -OCH3 is 2. The lowest BCUT2D eigenvalue weighted by Crippen LogP contribution is -2.03. The van der Waals surface area contributed by atoms with Crippen LogP contribution >= 0.6 is 0 Å². The Bertz CT molecular complexity index is 214. The Labute approximate surface area is 113 Å². The minimum absolute atomic E-state index is 0.0278. The van der Waals surface area contributed by atoms with Crippen LogP contribution in [0, 0.1) is 0 Å². The van der Waals surface area contributed by atoms with Gasteiger partial charge in [0.25, 0.3) is 0 Å². The standard InChI is InChI=1S/C4H10O3.2C4H6O2/c5-1-3-7-4-2-6;2*1-3-4(5)6-2/h5-6H,1-4H2;2*3H,1H2,2H3. The molecule has 0 bridgehead atoms. The van der Waals surface area contributed by atoms with Crippen molar-refractivity contribution in [1.29, 1.82) is 0 Å². The van der Waals surface area contributed by atoms with E-state index in [-0.39, 0.29) is 13.2 Å². The summed E-state index contributed by atoms with van der Waals surface area (Å²) in [6.07, 6.45) is 2.22. The number of carbonyl (C=O) groups excluding carboxylic acids is 2. The summed E-state index contributed by atoms with van der Waals surface area (Å²) in [4.78, 5) is 19.7. The Morgan fingerprint density at radius 1 is 0.947 bits per heavy atom. The van der Waals surface area contributed by atoms with Crippen LogP contribution in [0.4, 0.5) is 0 Å². The van der Waals surface area contributed by atoms with Crippen molar-refractivity contribution in [2.75, 3.05) is 40.6 Å². The van der Waals surface area contributed by atoms with Gasteiger partial charge in [-0.25, -0.2) is 9.59 Å². The van der Waals surface area contributed by atoms with Crippen molar-refractivity contribution in [2.24, 2.45) is 0 Å². The molecule has 0 saturated heterocycles. The predicted octanol–water partition coefficient (Wildman–Crippen LogP) is -0.322. The van der Waals surface area contributed by atoms with E-state index in [1.54, 1.807) is 0 Å². The summed E-state index contributed by atoms with van der Waals surface area (Å²) in [5, 5.41) is 16.2. The zero-order valence-electron chi connectivity index (χ0n) is 11.3. The summed E-state index contributed by atoms with van der Waals surface area (Å²) in [6, 6.07) is 0. The molecule has 0 heterocycles. The highest BCUT2D eigenvalue weighted by molar-refractivity contribution is 5.81. The first-order valence-electron chi connectivity index (χ1n) is 5.24. The summed E-state index contributed by atoms with van der Waals surface area (Å²) in [6.45, 7) is 7.01. The largest absolute Gasteiger partial charge is 0.466 e. The molecular formula is C12H22O7. The second-order valence-corrected chi connectivity index (χ2v) is 2.51. The summed E-state index contributed by atoms with van der Waals surface area (Å²) in [5.74, 6) is -0.787. The molecule has 0 rings (SSSR count). The average molecular weight is 278 g/mol. The molecule has 0 saturated carbocycles. The maximum Gasteiger partial charge on any atom is 0.329 e. The molecule has 0 unspecified atom stereocenters. The van der Waals surface area contributed by atoms with Gasteiger partial charge in [0.05, 0.1) is 40.6 Å². The Kier molecular flexibility index (Phi) is 25.5. The molecule has 0 fully saturated rings. The minimum atomic E-state index is -0.394. The lowest BCUT2D eigenvalue weighted by Gasteiger charge is -1.94. The predicted molar refractivity (Wildman–Crippen MR) is 69.4 cm³/mol. The zero-order valence-corrected chi connectivity index (χ0v) is 11.3. The second kappa shape index (κ2) is 21.6. The van der Waals surface area contributed by atoms with Crippen LogP contribution in [0.1, 0.15) is 0 Å². The van der Waals surface area contributed by atoms with E-state index in [9.17, 15) is 9.59 Å². The van der Waals surface area contributed by atoms with Crippen LogP contribution < -0.4 is 0 Å². The van der Waals surface area contributed by atoms with Crippen LogP contribution in [0.5, 0.6) is 0 Å². The van der Waals surface area contributed by atoms with E-state index in [1.807, 2.05) is 0 Å². The highest BCUT2D eigenvalue weighted by atomic mass is 16.5. The third kappa shape index (κ3) is 31.4. The SMILES string of the molecule is C=CC(=O)OC.C=CC(=O)OC.OCCOCCO. The molecular weight excluding hydrogens is 256 g/mol. The van der Waals surface area contributed by atoms with Crippen LogP contribution in [-0.2, 0) is 23.8 Å². The van der Waals surface area contributed by atoms with Crippen LogP contribution in [0.2, 0.25) is 0 Å². The molecule has 19 heavy (non-hydrogen) atoms. The first-order chi connectivity index (χ1) is 9.03. The van der Waals surface area contributed by atoms with Gasteiger partial charge >= 0.3 is 11.9 Å². The Hall–Kier alpha value is -1.70. The molecule has 2 N–H and O–H groups in total. The molecule has 0 aromatic heterocycles. The van der Waals surface area contributed by atoms with Gasteiger partial charge in [0.2, 0.25) is 0 Å². The molecule has 112 valence electrons. The second-order valence-electron chi connectivity index (χ2n) is 2.51. The van der Waals surface area contributed by atoms with E-state index < -0.39 is 11.9 Å². The summed E-state index contributed by atoms with van der Waals surface area (Å²) in [7, 11) is 2.62. The highest BCUT2D eigenvalue weighted by Crippen LogP contribution is 1.69. The number of aliphatic hydroxyl groups excluding tert-OH is 2. The smallest absolute Gasteiger partial charge is 0.329 e. The Morgan fingerprint density at radius 3 is 1.37 bits per heavy atom. The number of rotatable bonds is 6. The number of aliphatic hydroxyl groups is 2. The maximum absolute atomic E-state index is 9.84. The van der Waals surface area contributed by atoms with Crippen LogP contribution in [0.25, 0.3) is 0 Å². The van der Waals surface area contributed by atoms with Crippen molar-refractivity contribution in [1.82, 2.24) is 0 Å².